The van der Waals surface area contributed by atoms with E-state index in [0.29, 0.717) is 11.1 Å². The molecular formula is C27H29N5O7. The van der Waals surface area contributed by atoms with Gasteiger partial charge >= 0.3 is 11.7 Å². The predicted molar refractivity (Wildman–Crippen MR) is 141 cm³/mol. The summed E-state index contributed by atoms with van der Waals surface area (Å²) in [6.07, 6.45) is -0.0897. The van der Waals surface area contributed by atoms with Gasteiger partial charge in [0.25, 0.3) is 5.56 Å². The van der Waals surface area contributed by atoms with Gasteiger partial charge in [-0.25, -0.2) is 9.36 Å². The number of carbonyl (C=O) groups excluding carboxylic acids is 3. The molecule has 1 aromatic heterocycles. The number of H-pyrrole nitrogens is 1. The lowest BCUT2D eigenvalue weighted by Gasteiger charge is -2.33. The Balaban J connectivity index is 1.67. The van der Waals surface area contributed by atoms with Crippen molar-refractivity contribution in [3.05, 3.63) is 81.0 Å². The number of para-hydroxylation sites is 1. The Morgan fingerprint density at radius 3 is 2.28 bits per heavy atom. The number of hydrogen-bond acceptors (Lipinski definition) is 6. The van der Waals surface area contributed by atoms with E-state index in [2.05, 4.69) is 10.3 Å². The van der Waals surface area contributed by atoms with E-state index in [9.17, 15) is 33.9 Å². The standard InChI is InChI=1S/C27H29N5O7/c28-22(33)15-20(25(36)31-12-10-17(11-13-31)26(37)38)29-23(34)21(14-16-6-2-1-3-7-16)32-24(35)18-8-4-5-9-19(18)30-27(32)39/h1-9,17,20-21H,10-15H2,(H2,28,33)(H,29,34)(H,30,39)(H,37,38). The summed E-state index contributed by atoms with van der Waals surface area (Å²) in [5, 5.41) is 12.0. The zero-order valence-electron chi connectivity index (χ0n) is 21.0. The molecule has 12 nitrogen and oxygen atoms in total. The van der Waals surface area contributed by atoms with E-state index in [1.807, 2.05) is 0 Å². The van der Waals surface area contributed by atoms with Crippen LogP contribution in [0.4, 0.5) is 0 Å². The third-order valence-corrected chi connectivity index (χ3v) is 6.90. The fourth-order valence-electron chi connectivity index (χ4n) is 4.83. The number of hydrogen-bond donors (Lipinski definition) is 4. The summed E-state index contributed by atoms with van der Waals surface area (Å²) in [6, 6.07) is 12.4. The number of fused-ring (bicyclic) bond motifs is 1. The van der Waals surface area contributed by atoms with E-state index in [0.717, 1.165) is 4.57 Å². The molecular weight excluding hydrogens is 506 g/mol. The number of amides is 3. The van der Waals surface area contributed by atoms with E-state index in [1.165, 1.54) is 11.0 Å². The van der Waals surface area contributed by atoms with Crippen LogP contribution < -0.4 is 22.3 Å². The minimum absolute atomic E-state index is 0.0461. The Labute approximate surface area is 222 Å². The SMILES string of the molecule is NC(=O)CC(NC(=O)C(Cc1ccccc1)n1c(=O)[nH]c2ccccc2c1=O)C(=O)N1CCC(C(=O)O)CC1. The second kappa shape index (κ2) is 11.8. The van der Waals surface area contributed by atoms with Gasteiger partial charge in [0.05, 0.1) is 23.2 Å². The van der Waals surface area contributed by atoms with Crippen molar-refractivity contribution in [3.63, 3.8) is 0 Å². The second-order valence-electron chi connectivity index (χ2n) is 9.53. The number of aromatic amines is 1. The summed E-state index contributed by atoms with van der Waals surface area (Å²) in [7, 11) is 0. The monoisotopic (exact) mass is 535 g/mol. The highest BCUT2D eigenvalue weighted by molar-refractivity contribution is 5.93. The highest BCUT2D eigenvalue weighted by Crippen LogP contribution is 2.19. The Bertz CT molecular complexity index is 1510. The first-order valence-electron chi connectivity index (χ1n) is 12.5. The minimum atomic E-state index is -1.36. The summed E-state index contributed by atoms with van der Waals surface area (Å²) < 4.78 is 0.814. The van der Waals surface area contributed by atoms with Crippen LogP contribution in [-0.2, 0) is 25.6 Å². The molecule has 12 heteroatoms. The van der Waals surface area contributed by atoms with Crippen LogP contribution in [0.5, 0.6) is 0 Å². The maximum atomic E-state index is 13.7. The Morgan fingerprint density at radius 1 is 1.00 bits per heavy atom. The Hall–Kier alpha value is -4.74. The number of primary amides is 1. The maximum Gasteiger partial charge on any atom is 0.329 e. The van der Waals surface area contributed by atoms with Gasteiger partial charge in [-0.3, -0.25) is 24.0 Å². The van der Waals surface area contributed by atoms with Crippen LogP contribution >= 0.6 is 0 Å². The molecule has 39 heavy (non-hydrogen) atoms. The first-order chi connectivity index (χ1) is 18.7. The lowest BCUT2D eigenvalue weighted by atomic mass is 9.96. The van der Waals surface area contributed by atoms with Crippen LogP contribution in [0.2, 0.25) is 0 Å². The number of nitrogens with two attached hydrogens (primary N) is 1. The van der Waals surface area contributed by atoms with Crippen molar-refractivity contribution in [3.8, 4) is 0 Å². The number of carbonyl (C=O) groups is 4. The molecule has 4 rings (SSSR count). The van der Waals surface area contributed by atoms with E-state index in [4.69, 9.17) is 5.73 Å². The molecule has 3 aromatic rings. The van der Waals surface area contributed by atoms with Crippen LogP contribution in [0.25, 0.3) is 10.9 Å². The molecule has 0 spiro atoms. The summed E-state index contributed by atoms with van der Waals surface area (Å²) in [5.41, 5.74) is 4.86. The van der Waals surface area contributed by atoms with Crippen LogP contribution in [0.1, 0.15) is 30.9 Å². The van der Waals surface area contributed by atoms with Crippen LogP contribution in [0, 0.1) is 5.92 Å². The summed E-state index contributed by atoms with van der Waals surface area (Å²) in [6.45, 7) is 0.274. The molecule has 5 N–H and O–H groups in total. The first-order valence-corrected chi connectivity index (χ1v) is 12.5. The molecule has 0 radical (unpaired) electrons. The molecule has 3 amide bonds. The molecule has 2 atom stereocenters. The second-order valence-corrected chi connectivity index (χ2v) is 9.53. The average Bonchev–Trinajstić information content (AvgIpc) is 2.92. The Morgan fingerprint density at radius 2 is 1.64 bits per heavy atom. The number of carboxylic acids is 1. The number of rotatable bonds is 9. The largest absolute Gasteiger partial charge is 0.481 e. The van der Waals surface area contributed by atoms with Crippen LogP contribution in [0.15, 0.2) is 64.2 Å². The predicted octanol–water partition coefficient (Wildman–Crippen LogP) is 0.157. The van der Waals surface area contributed by atoms with Gasteiger partial charge in [0.2, 0.25) is 17.7 Å². The van der Waals surface area contributed by atoms with Crippen molar-refractivity contribution in [2.24, 2.45) is 11.7 Å². The van der Waals surface area contributed by atoms with Crippen LogP contribution in [-0.4, -0.2) is 62.4 Å². The number of benzene rings is 2. The van der Waals surface area contributed by atoms with Crippen LogP contribution in [0.3, 0.4) is 0 Å². The molecule has 2 heterocycles. The van der Waals surface area contributed by atoms with E-state index >= 15 is 0 Å². The van der Waals surface area contributed by atoms with Crippen molar-refractivity contribution in [2.75, 3.05) is 13.1 Å². The maximum absolute atomic E-state index is 13.7. The molecule has 0 bridgehead atoms. The summed E-state index contributed by atoms with van der Waals surface area (Å²) in [5.74, 6) is -3.78. The molecule has 2 aromatic carbocycles. The molecule has 1 aliphatic rings. The molecule has 2 unspecified atom stereocenters. The van der Waals surface area contributed by atoms with Gasteiger partial charge in [-0.05, 0) is 30.5 Å². The highest BCUT2D eigenvalue weighted by atomic mass is 16.4. The number of piperidine rings is 1. The lowest BCUT2D eigenvalue weighted by molar-refractivity contribution is -0.146. The average molecular weight is 536 g/mol. The fraction of sp³-hybridized carbons (Fsp3) is 0.333. The fourth-order valence-corrected chi connectivity index (χ4v) is 4.83. The topological polar surface area (TPSA) is 185 Å². The normalized spacial score (nSPS) is 15.4. The molecule has 1 saturated heterocycles. The Kier molecular flexibility index (Phi) is 8.23. The third-order valence-electron chi connectivity index (χ3n) is 6.90. The van der Waals surface area contributed by atoms with Gasteiger partial charge in [0, 0.05) is 19.5 Å². The van der Waals surface area contributed by atoms with Crippen molar-refractivity contribution < 1.29 is 24.3 Å². The van der Waals surface area contributed by atoms with Gasteiger partial charge in [-0.1, -0.05) is 42.5 Å². The minimum Gasteiger partial charge on any atom is -0.481 e. The molecule has 0 aliphatic carbocycles. The van der Waals surface area contributed by atoms with E-state index in [-0.39, 0.29) is 37.7 Å². The number of nitrogens with one attached hydrogen (secondary N) is 2. The van der Waals surface area contributed by atoms with E-state index in [1.54, 1.807) is 48.5 Å². The zero-order chi connectivity index (χ0) is 28.1. The quantitative estimate of drug-likeness (QED) is 0.300. The number of carboxylic acid groups (broad SMARTS) is 1. The number of aliphatic carboxylic acids is 1. The zero-order valence-corrected chi connectivity index (χ0v) is 21.0. The first kappa shape index (κ1) is 27.3. The molecule has 1 fully saturated rings. The number of likely N-dealkylation sites (tertiary alicyclic amines) is 1. The van der Waals surface area contributed by atoms with Gasteiger partial charge in [0.15, 0.2) is 0 Å². The highest BCUT2D eigenvalue weighted by Gasteiger charge is 2.34. The summed E-state index contributed by atoms with van der Waals surface area (Å²) in [4.78, 5) is 80.5. The lowest BCUT2D eigenvalue weighted by Crippen LogP contribution is -2.55. The third kappa shape index (κ3) is 6.22. The smallest absolute Gasteiger partial charge is 0.329 e. The van der Waals surface area contributed by atoms with Gasteiger partial charge in [-0.2, -0.15) is 0 Å². The molecule has 0 saturated carbocycles. The van der Waals surface area contributed by atoms with Gasteiger partial charge in [-0.15, -0.1) is 0 Å². The van der Waals surface area contributed by atoms with Gasteiger partial charge < -0.3 is 26.0 Å². The van der Waals surface area contributed by atoms with Crippen molar-refractivity contribution in [2.45, 2.75) is 37.8 Å². The van der Waals surface area contributed by atoms with Gasteiger partial charge in [0.1, 0.15) is 12.1 Å². The number of nitrogens with zero attached hydrogens (tertiary/aromatic N) is 2. The summed E-state index contributed by atoms with van der Waals surface area (Å²) >= 11 is 0. The number of aromatic nitrogens is 2. The molecule has 204 valence electrons. The van der Waals surface area contributed by atoms with Crippen molar-refractivity contribution in [1.82, 2.24) is 19.8 Å². The van der Waals surface area contributed by atoms with E-state index < -0.39 is 59.4 Å². The van der Waals surface area contributed by atoms with Crippen molar-refractivity contribution >= 4 is 34.6 Å². The molecule has 1 aliphatic heterocycles. The van der Waals surface area contributed by atoms with Crippen molar-refractivity contribution in [1.29, 1.82) is 0 Å².